The van der Waals surface area contributed by atoms with Crippen LogP contribution in [-0.4, -0.2) is 19.3 Å². The Labute approximate surface area is 92.4 Å². The van der Waals surface area contributed by atoms with Crippen LogP contribution < -0.4 is 5.73 Å². The lowest BCUT2D eigenvalue weighted by Crippen LogP contribution is -2.43. The number of benzene rings is 1. The van der Waals surface area contributed by atoms with Crippen molar-refractivity contribution in [3.8, 4) is 0 Å². The average Bonchev–Trinajstić information content (AvgIpc) is 2.11. The highest BCUT2D eigenvalue weighted by Gasteiger charge is 2.20. The van der Waals surface area contributed by atoms with E-state index in [0.29, 0.717) is 6.61 Å². The maximum atomic E-state index is 6.17. The Morgan fingerprint density at radius 1 is 1.27 bits per heavy atom. The Kier molecular flexibility index (Phi) is 3.89. The molecule has 0 amide bonds. The molecule has 1 atom stereocenters. The summed E-state index contributed by atoms with van der Waals surface area (Å²) >= 11 is 0. The van der Waals surface area contributed by atoms with Gasteiger partial charge < -0.3 is 10.5 Å². The van der Waals surface area contributed by atoms with E-state index >= 15 is 0 Å². The monoisotopic (exact) mass is 207 g/mol. The van der Waals surface area contributed by atoms with Crippen LogP contribution in [0.25, 0.3) is 0 Å². The van der Waals surface area contributed by atoms with Crippen molar-refractivity contribution in [1.82, 2.24) is 0 Å². The van der Waals surface area contributed by atoms with E-state index in [9.17, 15) is 0 Å². The molecule has 2 N–H and O–H groups in total. The molecular weight excluding hydrogens is 186 g/mol. The molecule has 1 aromatic rings. The summed E-state index contributed by atoms with van der Waals surface area (Å²) in [4.78, 5) is 0. The molecule has 1 rings (SSSR count). The molecule has 0 aliphatic heterocycles. The molecule has 0 saturated heterocycles. The first-order valence-corrected chi connectivity index (χ1v) is 5.29. The third-order valence-corrected chi connectivity index (χ3v) is 2.70. The van der Waals surface area contributed by atoms with Gasteiger partial charge in [-0.3, -0.25) is 0 Å². The van der Waals surface area contributed by atoms with Crippen molar-refractivity contribution in [2.24, 2.45) is 5.73 Å². The number of hydrogen-bond acceptors (Lipinski definition) is 2. The summed E-state index contributed by atoms with van der Waals surface area (Å²) in [6.07, 6.45) is 0.860. The van der Waals surface area contributed by atoms with Crippen molar-refractivity contribution in [3.05, 3.63) is 34.9 Å². The summed E-state index contributed by atoms with van der Waals surface area (Å²) < 4.78 is 5.13. The minimum atomic E-state index is -0.286. The molecule has 1 aromatic carbocycles. The van der Waals surface area contributed by atoms with Gasteiger partial charge in [-0.15, -0.1) is 0 Å². The Morgan fingerprint density at radius 2 is 1.80 bits per heavy atom. The van der Waals surface area contributed by atoms with Crippen molar-refractivity contribution < 1.29 is 4.74 Å². The third kappa shape index (κ3) is 3.33. The summed E-state index contributed by atoms with van der Waals surface area (Å²) in [5.41, 5.74) is 9.85. The summed E-state index contributed by atoms with van der Waals surface area (Å²) in [6.45, 7) is 6.87. The fraction of sp³-hybridized carbons (Fsp3) is 0.538. The first-order chi connectivity index (χ1) is 6.96. The molecule has 0 aliphatic carbocycles. The van der Waals surface area contributed by atoms with E-state index in [1.54, 1.807) is 7.11 Å². The average molecular weight is 207 g/mol. The fourth-order valence-corrected chi connectivity index (χ4v) is 1.91. The van der Waals surface area contributed by atoms with Gasteiger partial charge in [0.25, 0.3) is 0 Å². The fourth-order valence-electron chi connectivity index (χ4n) is 1.91. The molecule has 0 spiro atoms. The second-order valence-electron chi connectivity index (χ2n) is 4.63. The van der Waals surface area contributed by atoms with E-state index in [1.807, 2.05) is 6.92 Å². The van der Waals surface area contributed by atoms with Gasteiger partial charge in [0.1, 0.15) is 0 Å². The minimum Gasteiger partial charge on any atom is -0.383 e. The van der Waals surface area contributed by atoms with E-state index in [-0.39, 0.29) is 5.54 Å². The molecule has 2 heteroatoms. The summed E-state index contributed by atoms with van der Waals surface area (Å²) in [6, 6.07) is 6.34. The summed E-state index contributed by atoms with van der Waals surface area (Å²) in [7, 11) is 1.69. The third-order valence-electron chi connectivity index (χ3n) is 2.70. The molecule has 0 aromatic heterocycles. The second-order valence-corrected chi connectivity index (χ2v) is 4.63. The molecule has 0 bridgehead atoms. The normalized spacial score (nSPS) is 15.0. The molecule has 15 heavy (non-hydrogen) atoms. The van der Waals surface area contributed by atoms with Gasteiger partial charge in [-0.1, -0.05) is 18.2 Å². The van der Waals surface area contributed by atoms with Crippen molar-refractivity contribution in [1.29, 1.82) is 0 Å². The molecule has 0 radical (unpaired) electrons. The van der Waals surface area contributed by atoms with E-state index in [4.69, 9.17) is 10.5 Å². The van der Waals surface area contributed by atoms with Crippen molar-refractivity contribution in [3.63, 3.8) is 0 Å². The molecule has 84 valence electrons. The van der Waals surface area contributed by atoms with Gasteiger partial charge in [0.05, 0.1) is 6.61 Å². The van der Waals surface area contributed by atoms with Gasteiger partial charge in [-0.25, -0.2) is 0 Å². The number of nitrogens with two attached hydrogens (primary N) is 1. The maximum absolute atomic E-state index is 6.17. The van der Waals surface area contributed by atoms with Gasteiger partial charge in [0.2, 0.25) is 0 Å². The number of hydrogen-bond donors (Lipinski definition) is 1. The van der Waals surface area contributed by atoms with E-state index in [1.165, 1.54) is 16.7 Å². The quantitative estimate of drug-likeness (QED) is 0.821. The molecule has 0 saturated carbocycles. The summed E-state index contributed by atoms with van der Waals surface area (Å²) in [5, 5.41) is 0. The van der Waals surface area contributed by atoms with Crippen LogP contribution in [0.5, 0.6) is 0 Å². The van der Waals surface area contributed by atoms with Crippen LogP contribution in [0, 0.1) is 13.8 Å². The minimum absolute atomic E-state index is 0.286. The van der Waals surface area contributed by atoms with E-state index in [2.05, 4.69) is 32.0 Å². The second kappa shape index (κ2) is 4.77. The van der Waals surface area contributed by atoms with Gasteiger partial charge in [0.15, 0.2) is 0 Å². The van der Waals surface area contributed by atoms with Crippen LogP contribution in [0.2, 0.25) is 0 Å². The highest BCUT2D eigenvalue weighted by molar-refractivity contribution is 5.34. The van der Waals surface area contributed by atoms with Crippen LogP contribution >= 0.6 is 0 Å². The predicted octanol–water partition coefficient (Wildman–Crippen LogP) is 2.21. The standard InChI is InChI=1S/C13H21NO/c1-10-6-5-7-11(2)12(10)8-13(3,14)9-15-4/h5-7H,8-9,14H2,1-4H3. The van der Waals surface area contributed by atoms with E-state index in [0.717, 1.165) is 6.42 Å². The van der Waals surface area contributed by atoms with E-state index < -0.39 is 0 Å². The Morgan fingerprint density at radius 3 is 2.27 bits per heavy atom. The van der Waals surface area contributed by atoms with Gasteiger partial charge in [0, 0.05) is 12.6 Å². The van der Waals surface area contributed by atoms with Gasteiger partial charge in [-0.2, -0.15) is 0 Å². The van der Waals surface area contributed by atoms with Crippen LogP contribution in [-0.2, 0) is 11.2 Å². The zero-order valence-corrected chi connectivity index (χ0v) is 10.1. The number of aryl methyl sites for hydroxylation is 2. The zero-order chi connectivity index (χ0) is 11.5. The van der Waals surface area contributed by atoms with Gasteiger partial charge >= 0.3 is 0 Å². The van der Waals surface area contributed by atoms with Crippen molar-refractivity contribution in [2.45, 2.75) is 32.7 Å². The Hall–Kier alpha value is -0.860. The van der Waals surface area contributed by atoms with Crippen LogP contribution in [0.1, 0.15) is 23.6 Å². The molecular formula is C13H21NO. The van der Waals surface area contributed by atoms with Crippen LogP contribution in [0.3, 0.4) is 0 Å². The molecule has 0 aliphatic rings. The zero-order valence-electron chi connectivity index (χ0n) is 10.1. The lowest BCUT2D eigenvalue weighted by atomic mass is 9.89. The lowest BCUT2D eigenvalue weighted by molar-refractivity contribution is 0.140. The summed E-state index contributed by atoms with van der Waals surface area (Å²) in [5.74, 6) is 0. The maximum Gasteiger partial charge on any atom is 0.0642 e. The van der Waals surface area contributed by atoms with Crippen LogP contribution in [0.4, 0.5) is 0 Å². The number of methoxy groups -OCH3 is 1. The smallest absolute Gasteiger partial charge is 0.0642 e. The lowest BCUT2D eigenvalue weighted by Gasteiger charge is -2.25. The molecule has 0 heterocycles. The Balaban J connectivity index is 2.89. The molecule has 1 unspecified atom stereocenters. The molecule has 2 nitrogen and oxygen atoms in total. The van der Waals surface area contributed by atoms with Gasteiger partial charge in [-0.05, 0) is 43.9 Å². The van der Waals surface area contributed by atoms with Crippen LogP contribution in [0.15, 0.2) is 18.2 Å². The highest BCUT2D eigenvalue weighted by atomic mass is 16.5. The predicted molar refractivity (Wildman–Crippen MR) is 64.1 cm³/mol. The van der Waals surface area contributed by atoms with Crippen molar-refractivity contribution >= 4 is 0 Å². The SMILES string of the molecule is COCC(C)(N)Cc1c(C)cccc1C. The first kappa shape index (κ1) is 12.2. The molecule has 0 fully saturated rings. The first-order valence-electron chi connectivity index (χ1n) is 5.29. The van der Waals surface area contributed by atoms with Crippen molar-refractivity contribution in [2.75, 3.05) is 13.7 Å². The topological polar surface area (TPSA) is 35.2 Å². The largest absolute Gasteiger partial charge is 0.383 e. The Bertz CT molecular complexity index is 311. The number of rotatable bonds is 4. The number of ether oxygens (including phenoxy) is 1. The highest BCUT2D eigenvalue weighted by Crippen LogP contribution is 2.18.